The minimum Gasteiger partial charge on any atom is -0.497 e. The van der Waals surface area contributed by atoms with Gasteiger partial charge in [0, 0.05) is 44.4 Å². The van der Waals surface area contributed by atoms with Crippen LogP contribution in [0.4, 0.5) is 0 Å². The second-order valence-electron chi connectivity index (χ2n) is 11.7. The first-order valence-corrected chi connectivity index (χ1v) is 18.1. The van der Waals surface area contributed by atoms with E-state index in [1.54, 1.807) is 24.3 Å². The molecule has 14 heteroatoms. The molecule has 3 aromatic rings. The monoisotopic (exact) mass is 674 g/mol. The predicted octanol–water partition coefficient (Wildman–Crippen LogP) is 2.07. The van der Waals surface area contributed by atoms with Crippen LogP contribution in [0.3, 0.4) is 0 Å². The second-order valence-corrected chi connectivity index (χ2v) is 15.5. The van der Waals surface area contributed by atoms with Crippen molar-refractivity contribution in [2.75, 3.05) is 47.0 Å². The number of hydrogen-bond acceptors (Lipinski definition) is 10. The summed E-state index contributed by atoms with van der Waals surface area (Å²) in [6.45, 7) is 1.76. The first-order chi connectivity index (χ1) is 22.0. The average molecular weight is 675 g/mol. The van der Waals surface area contributed by atoms with Crippen molar-refractivity contribution in [3.63, 3.8) is 0 Å². The largest absolute Gasteiger partial charge is 0.497 e. The molecule has 2 atom stereocenters. The van der Waals surface area contributed by atoms with Crippen LogP contribution in [0, 0.1) is 0 Å². The zero-order valence-corrected chi connectivity index (χ0v) is 27.6. The smallest absolute Gasteiger partial charge is 0.243 e. The van der Waals surface area contributed by atoms with Gasteiger partial charge in [-0.25, -0.2) is 21.6 Å². The van der Waals surface area contributed by atoms with Crippen molar-refractivity contribution in [3.05, 3.63) is 72.3 Å². The van der Waals surface area contributed by atoms with Gasteiger partial charge in [-0.1, -0.05) is 30.3 Å². The van der Waals surface area contributed by atoms with Gasteiger partial charge < -0.3 is 30.4 Å². The number of nitrogens with zero attached hydrogens (tertiary/aromatic N) is 1. The number of benzene rings is 3. The van der Waals surface area contributed by atoms with Crippen LogP contribution >= 0.6 is 0 Å². The zero-order valence-electron chi connectivity index (χ0n) is 26.0. The second kappa shape index (κ2) is 14.4. The van der Waals surface area contributed by atoms with Crippen molar-refractivity contribution in [2.24, 2.45) is 5.73 Å². The van der Waals surface area contributed by atoms with Crippen molar-refractivity contribution in [1.29, 1.82) is 0 Å². The lowest BCUT2D eigenvalue weighted by Crippen LogP contribution is -2.47. The van der Waals surface area contributed by atoms with E-state index in [1.165, 1.54) is 30.6 Å². The molecule has 0 amide bonds. The number of rotatable bonds is 13. The molecule has 46 heavy (non-hydrogen) atoms. The maximum absolute atomic E-state index is 13.8. The molecule has 1 unspecified atom stereocenters. The normalized spacial score (nSPS) is 19.3. The molecule has 0 radical (unpaired) electrons. The number of sulfonamides is 2. The summed E-state index contributed by atoms with van der Waals surface area (Å²) >= 11 is 0. The summed E-state index contributed by atoms with van der Waals surface area (Å²) in [6.07, 6.45) is 0.971. The maximum Gasteiger partial charge on any atom is 0.243 e. The Kier molecular flexibility index (Phi) is 10.7. The lowest BCUT2D eigenvalue weighted by Gasteiger charge is -2.38. The van der Waals surface area contributed by atoms with E-state index in [4.69, 9.17) is 19.9 Å². The van der Waals surface area contributed by atoms with Crippen LogP contribution in [0.1, 0.15) is 24.8 Å². The predicted molar refractivity (Wildman–Crippen MR) is 174 cm³/mol. The van der Waals surface area contributed by atoms with E-state index in [1.807, 2.05) is 30.3 Å². The molecule has 2 heterocycles. The number of methoxy groups -OCH3 is 1. The van der Waals surface area contributed by atoms with Gasteiger partial charge in [0.15, 0.2) is 0 Å². The molecule has 0 aliphatic carbocycles. The molecule has 0 saturated carbocycles. The van der Waals surface area contributed by atoms with Gasteiger partial charge in [-0.2, -0.15) is 4.31 Å². The van der Waals surface area contributed by atoms with E-state index in [0.29, 0.717) is 57.0 Å². The van der Waals surface area contributed by atoms with Crippen LogP contribution in [0.2, 0.25) is 0 Å². The number of ether oxygens (including phenoxy) is 3. The van der Waals surface area contributed by atoms with E-state index in [-0.39, 0.29) is 29.0 Å². The quantitative estimate of drug-likeness (QED) is 0.211. The number of piperidine rings is 1. The summed E-state index contributed by atoms with van der Waals surface area (Å²) in [6, 6.07) is 18.8. The molecule has 0 bridgehead atoms. The number of hydrogen-bond donors (Lipinski definition) is 4. The lowest BCUT2D eigenvalue weighted by molar-refractivity contribution is -0.0312. The van der Waals surface area contributed by atoms with Gasteiger partial charge in [-0.15, -0.1) is 0 Å². The molecule has 0 aromatic heterocycles. The number of nitrogens with two attached hydrogens (primary N) is 1. The number of aliphatic hydroxyl groups excluding tert-OH is 1. The van der Waals surface area contributed by atoms with Gasteiger partial charge in [0.1, 0.15) is 24.2 Å². The van der Waals surface area contributed by atoms with Crippen LogP contribution in [0.15, 0.2) is 76.5 Å². The Balaban J connectivity index is 1.14. The SMILES string of the molecule is CNS(=O)(=O)c1cccc(OC[C@@H](O)CNC2COC3(CCN(S(=O)(=O)c4cc(OC)cc(-c5ccc(CN)cc5)c4)CC3)C2)c1. The third kappa shape index (κ3) is 7.89. The highest BCUT2D eigenvalue weighted by atomic mass is 32.2. The average Bonchev–Trinajstić information content (AvgIpc) is 3.48. The summed E-state index contributed by atoms with van der Waals surface area (Å²) in [4.78, 5) is 0.258. The van der Waals surface area contributed by atoms with Crippen molar-refractivity contribution >= 4 is 20.0 Å². The van der Waals surface area contributed by atoms with Gasteiger partial charge in [0.05, 0.1) is 29.1 Å². The summed E-state index contributed by atoms with van der Waals surface area (Å²) in [5.74, 6) is 0.801. The summed E-state index contributed by atoms with van der Waals surface area (Å²) < 4.78 is 72.6. The first kappa shape index (κ1) is 34.3. The van der Waals surface area contributed by atoms with Crippen LogP contribution < -0.4 is 25.2 Å². The van der Waals surface area contributed by atoms with E-state index >= 15 is 0 Å². The zero-order chi connectivity index (χ0) is 33.0. The van der Waals surface area contributed by atoms with Crippen molar-refractivity contribution in [1.82, 2.24) is 14.3 Å². The Morgan fingerprint density at radius 3 is 2.39 bits per heavy atom. The van der Waals surface area contributed by atoms with Gasteiger partial charge >= 0.3 is 0 Å². The fourth-order valence-corrected chi connectivity index (χ4v) is 8.12. The molecule has 12 nitrogen and oxygen atoms in total. The van der Waals surface area contributed by atoms with Crippen LogP contribution in [0.25, 0.3) is 11.1 Å². The van der Waals surface area contributed by atoms with Crippen molar-refractivity contribution < 1.29 is 36.2 Å². The summed E-state index contributed by atoms with van der Waals surface area (Å²) in [5.41, 5.74) is 7.89. The van der Waals surface area contributed by atoms with Gasteiger partial charge in [-0.3, -0.25) is 0 Å². The first-order valence-electron chi connectivity index (χ1n) is 15.2. The van der Waals surface area contributed by atoms with Crippen molar-refractivity contribution in [2.45, 2.75) is 53.3 Å². The van der Waals surface area contributed by atoms with Gasteiger partial charge in [0.2, 0.25) is 20.0 Å². The lowest BCUT2D eigenvalue weighted by atomic mass is 9.88. The number of nitrogens with one attached hydrogen (secondary N) is 2. The molecule has 2 aliphatic rings. The van der Waals surface area contributed by atoms with E-state index < -0.39 is 31.8 Å². The third-order valence-electron chi connectivity index (χ3n) is 8.59. The maximum atomic E-state index is 13.8. The standard InChI is InChI=1S/C32H42N4O8S2/c1-34-45(38,39)30-5-3-4-28(16-30)43-22-27(37)20-35-26-18-32(44-21-26)10-12-36(13-11-32)46(40,41)31-15-25(14-29(17-31)42-2)24-8-6-23(19-33)7-9-24/h3-9,14-17,26-27,34-35,37H,10-13,18-22,33H2,1-2H3/t26?,27-/m0/s1. The minimum absolute atomic E-state index is 0.00601. The number of aliphatic hydroxyl groups is 1. The Bertz CT molecular complexity index is 1710. The summed E-state index contributed by atoms with van der Waals surface area (Å²) in [5, 5.41) is 13.8. The van der Waals surface area contributed by atoms with E-state index in [2.05, 4.69) is 10.0 Å². The fraction of sp³-hybridized carbons (Fsp3) is 0.438. The Morgan fingerprint density at radius 1 is 1.00 bits per heavy atom. The molecular formula is C32H42N4O8S2. The molecular weight excluding hydrogens is 633 g/mol. The third-order valence-corrected chi connectivity index (χ3v) is 11.9. The molecule has 3 aromatic carbocycles. The van der Waals surface area contributed by atoms with Crippen LogP contribution in [-0.4, -0.2) is 91.0 Å². The Morgan fingerprint density at radius 2 is 1.72 bits per heavy atom. The Labute approximate surface area is 270 Å². The molecule has 2 saturated heterocycles. The molecule has 1 spiro atoms. The molecule has 2 fully saturated rings. The van der Waals surface area contributed by atoms with Crippen LogP contribution in [-0.2, 0) is 31.3 Å². The van der Waals surface area contributed by atoms with Gasteiger partial charge in [0.25, 0.3) is 0 Å². The molecule has 5 rings (SSSR count). The topological polar surface area (TPSA) is 170 Å². The van der Waals surface area contributed by atoms with Gasteiger partial charge in [-0.05, 0) is 67.3 Å². The van der Waals surface area contributed by atoms with E-state index in [0.717, 1.165) is 16.7 Å². The highest BCUT2D eigenvalue weighted by molar-refractivity contribution is 7.89. The van der Waals surface area contributed by atoms with Crippen molar-refractivity contribution in [3.8, 4) is 22.6 Å². The Hall–Kier alpha value is -3.08. The summed E-state index contributed by atoms with van der Waals surface area (Å²) in [7, 11) is -4.53. The molecule has 5 N–H and O–H groups in total. The van der Waals surface area contributed by atoms with Crippen LogP contribution in [0.5, 0.6) is 11.5 Å². The minimum atomic E-state index is -3.78. The molecule has 2 aliphatic heterocycles. The highest BCUT2D eigenvalue weighted by Gasteiger charge is 2.44. The highest BCUT2D eigenvalue weighted by Crippen LogP contribution is 2.38. The van der Waals surface area contributed by atoms with E-state index in [9.17, 15) is 21.9 Å². The molecule has 250 valence electrons. The fourth-order valence-electron chi connectivity index (χ4n) is 5.85.